The molecule has 0 aliphatic carbocycles. The van der Waals surface area contributed by atoms with Crippen LogP contribution >= 0.6 is 8.38 Å². The van der Waals surface area contributed by atoms with E-state index in [1.54, 1.807) is 0 Å². The zero-order chi connectivity index (χ0) is 20.2. The molecule has 0 unspecified atom stereocenters. The third kappa shape index (κ3) is 4.02. The van der Waals surface area contributed by atoms with E-state index in [1.807, 2.05) is 24.3 Å². The molecule has 1 aliphatic rings. The van der Waals surface area contributed by atoms with E-state index in [9.17, 15) is 0 Å². The van der Waals surface area contributed by atoms with Crippen LogP contribution in [-0.4, -0.2) is 0 Å². The molecule has 0 N–H and O–H groups in total. The summed E-state index contributed by atoms with van der Waals surface area (Å²) in [6, 6.07) is 12.7. The minimum absolute atomic E-state index is 0.000418. The van der Waals surface area contributed by atoms with Crippen LogP contribution in [0.5, 0.6) is 11.5 Å². The quantitative estimate of drug-likeness (QED) is 0.493. The van der Waals surface area contributed by atoms with Crippen LogP contribution in [0.3, 0.4) is 0 Å². The number of hydrogen-bond acceptors (Lipinski definition) is 2. The molecule has 0 bridgehead atoms. The highest BCUT2D eigenvalue weighted by Gasteiger charge is 2.38. The molecule has 0 saturated heterocycles. The van der Waals surface area contributed by atoms with Crippen LogP contribution in [0.25, 0.3) is 0 Å². The van der Waals surface area contributed by atoms with Crippen molar-refractivity contribution >= 4 is 13.7 Å². The molecule has 0 radical (unpaired) electrons. The van der Waals surface area contributed by atoms with Crippen LogP contribution < -0.4 is 14.4 Å². The average molecular weight is 385 g/mol. The van der Waals surface area contributed by atoms with Gasteiger partial charge in [-0.15, -0.1) is 0 Å². The van der Waals surface area contributed by atoms with E-state index >= 15 is 0 Å². The first kappa shape index (κ1) is 20.2. The summed E-state index contributed by atoms with van der Waals surface area (Å²) in [4.78, 5) is 0. The molecule has 2 nitrogen and oxygen atoms in total. The van der Waals surface area contributed by atoms with Gasteiger partial charge >= 0.3 is 8.38 Å². The Balaban J connectivity index is 2.26. The average Bonchev–Trinajstić information content (AvgIpc) is 2.94. The summed E-state index contributed by atoms with van der Waals surface area (Å²) in [5.74, 6) is 1.70. The first-order valence-electron chi connectivity index (χ1n) is 9.73. The van der Waals surface area contributed by atoms with Crippen LogP contribution in [0.4, 0.5) is 0 Å². The normalized spacial score (nSPS) is 15.3. The van der Waals surface area contributed by atoms with E-state index in [0.717, 1.165) is 11.5 Å². The SMILES string of the molecule is CC(C)(C)c1cc(C(C)(C)C)c(P2Oc3ccccc3O2)c(C(C)(C)C)c1. The van der Waals surface area contributed by atoms with Gasteiger partial charge in [-0.25, -0.2) is 0 Å². The zero-order valence-electron chi connectivity index (χ0n) is 18.2. The van der Waals surface area contributed by atoms with E-state index in [-0.39, 0.29) is 16.2 Å². The molecular weight excluding hydrogens is 351 g/mol. The molecule has 0 amide bonds. The van der Waals surface area contributed by atoms with Gasteiger partial charge in [-0.2, -0.15) is 0 Å². The molecule has 146 valence electrons. The molecule has 3 heteroatoms. The second-order valence-corrected chi connectivity index (χ2v) is 11.9. The van der Waals surface area contributed by atoms with Crippen molar-refractivity contribution < 1.29 is 9.05 Å². The van der Waals surface area contributed by atoms with Gasteiger partial charge < -0.3 is 9.05 Å². The van der Waals surface area contributed by atoms with Gasteiger partial charge in [-0.3, -0.25) is 0 Å². The maximum Gasteiger partial charge on any atom is 0.326 e. The van der Waals surface area contributed by atoms with Gasteiger partial charge in [-0.05, 0) is 45.1 Å². The maximum absolute atomic E-state index is 6.33. The fourth-order valence-electron chi connectivity index (χ4n) is 3.30. The standard InChI is InChI=1S/C24H33O2P/c1-22(2,3)16-14-17(23(4,5)6)21(18(15-16)24(7,8)9)27-25-19-12-10-11-13-20(19)26-27/h10-15H,1-9H3. The maximum atomic E-state index is 6.33. The summed E-state index contributed by atoms with van der Waals surface area (Å²) >= 11 is 0. The van der Waals surface area contributed by atoms with Crippen molar-refractivity contribution in [1.29, 1.82) is 0 Å². The first-order chi connectivity index (χ1) is 12.3. The van der Waals surface area contributed by atoms with Crippen molar-refractivity contribution in [2.75, 3.05) is 0 Å². The molecule has 2 aromatic carbocycles. The summed E-state index contributed by atoms with van der Waals surface area (Å²) < 4.78 is 12.7. The fourth-order valence-corrected chi connectivity index (χ4v) is 5.37. The predicted octanol–water partition coefficient (Wildman–Crippen LogP) is 6.99. The third-order valence-electron chi connectivity index (χ3n) is 4.99. The number of para-hydroxylation sites is 2. The van der Waals surface area contributed by atoms with Gasteiger partial charge in [0.2, 0.25) is 0 Å². The Morgan fingerprint density at radius 2 is 1.04 bits per heavy atom. The van der Waals surface area contributed by atoms with E-state index in [1.165, 1.54) is 22.0 Å². The Labute approximate surface area is 166 Å². The van der Waals surface area contributed by atoms with Crippen molar-refractivity contribution in [2.45, 2.75) is 78.6 Å². The molecule has 0 fully saturated rings. The molecule has 27 heavy (non-hydrogen) atoms. The third-order valence-corrected chi connectivity index (χ3v) is 6.56. The predicted molar refractivity (Wildman–Crippen MR) is 117 cm³/mol. The lowest BCUT2D eigenvalue weighted by Gasteiger charge is -2.34. The van der Waals surface area contributed by atoms with Crippen LogP contribution in [-0.2, 0) is 16.2 Å². The molecule has 1 heterocycles. The molecule has 2 aromatic rings. The number of rotatable bonds is 1. The number of hydrogen-bond donors (Lipinski definition) is 0. The highest BCUT2D eigenvalue weighted by molar-refractivity contribution is 7.57. The Kier molecular flexibility index (Phi) is 4.88. The van der Waals surface area contributed by atoms with Crippen molar-refractivity contribution in [3.63, 3.8) is 0 Å². The monoisotopic (exact) mass is 384 g/mol. The minimum Gasteiger partial charge on any atom is -0.431 e. The summed E-state index contributed by atoms with van der Waals surface area (Å²) in [5.41, 5.74) is 4.12. The van der Waals surface area contributed by atoms with Gasteiger partial charge in [0, 0.05) is 0 Å². The van der Waals surface area contributed by atoms with E-state index in [0.29, 0.717) is 0 Å². The molecular formula is C24H33O2P. The smallest absolute Gasteiger partial charge is 0.326 e. The van der Waals surface area contributed by atoms with Gasteiger partial charge in [0.1, 0.15) is 0 Å². The number of fused-ring (bicyclic) bond motifs is 1. The second-order valence-electron chi connectivity index (χ2n) is 10.6. The lowest BCUT2D eigenvalue weighted by Crippen LogP contribution is -2.32. The van der Waals surface area contributed by atoms with Crippen molar-refractivity contribution in [3.05, 3.63) is 53.1 Å². The van der Waals surface area contributed by atoms with Crippen molar-refractivity contribution in [1.82, 2.24) is 0 Å². The largest absolute Gasteiger partial charge is 0.431 e. The first-order valence-corrected chi connectivity index (χ1v) is 10.9. The van der Waals surface area contributed by atoms with E-state index in [4.69, 9.17) is 9.05 Å². The van der Waals surface area contributed by atoms with Crippen LogP contribution in [0.15, 0.2) is 36.4 Å². The Bertz CT molecular complexity index is 788. The Morgan fingerprint density at radius 1 is 0.630 bits per heavy atom. The Hall–Kier alpha value is -1.53. The highest BCUT2D eigenvalue weighted by Crippen LogP contribution is 2.54. The van der Waals surface area contributed by atoms with Crippen LogP contribution in [0.1, 0.15) is 79.0 Å². The molecule has 3 rings (SSSR count). The molecule has 1 aliphatic heterocycles. The van der Waals surface area contributed by atoms with Crippen LogP contribution in [0, 0.1) is 0 Å². The van der Waals surface area contributed by atoms with Crippen LogP contribution in [0.2, 0.25) is 0 Å². The molecule has 0 atom stereocenters. The van der Waals surface area contributed by atoms with Crippen molar-refractivity contribution in [3.8, 4) is 11.5 Å². The van der Waals surface area contributed by atoms with Gasteiger partial charge in [0.25, 0.3) is 0 Å². The van der Waals surface area contributed by atoms with E-state index < -0.39 is 8.38 Å². The minimum atomic E-state index is -1.19. The van der Waals surface area contributed by atoms with Crippen molar-refractivity contribution in [2.24, 2.45) is 0 Å². The summed E-state index contributed by atoms with van der Waals surface area (Å²) in [6.45, 7) is 20.5. The lowest BCUT2D eigenvalue weighted by atomic mass is 9.75. The molecule has 0 spiro atoms. The Morgan fingerprint density at radius 3 is 1.37 bits per heavy atom. The fraction of sp³-hybridized carbons (Fsp3) is 0.500. The summed E-state index contributed by atoms with van der Waals surface area (Å²) in [6.07, 6.45) is 0. The topological polar surface area (TPSA) is 18.5 Å². The van der Waals surface area contributed by atoms with E-state index in [2.05, 4.69) is 74.4 Å². The second kappa shape index (κ2) is 6.52. The number of benzene rings is 2. The van der Waals surface area contributed by atoms with Gasteiger partial charge in [0.05, 0.1) is 5.30 Å². The molecule has 0 aromatic heterocycles. The van der Waals surface area contributed by atoms with Gasteiger partial charge in [-0.1, -0.05) is 86.6 Å². The lowest BCUT2D eigenvalue weighted by molar-refractivity contribution is 0.544. The highest BCUT2D eigenvalue weighted by atomic mass is 31.2. The zero-order valence-corrected chi connectivity index (χ0v) is 19.1. The summed E-state index contributed by atoms with van der Waals surface area (Å²) in [5, 5.41) is 1.24. The molecule has 0 saturated carbocycles. The van der Waals surface area contributed by atoms with Gasteiger partial charge in [0.15, 0.2) is 11.5 Å². The summed E-state index contributed by atoms with van der Waals surface area (Å²) in [7, 11) is -1.19.